The van der Waals surface area contributed by atoms with E-state index in [2.05, 4.69) is 10.1 Å². The largest absolute Gasteiger partial charge is 0.486 e. The zero-order valence-corrected chi connectivity index (χ0v) is 16.2. The van der Waals surface area contributed by atoms with Crippen LogP contribution >= 0.6 is 0 Å². The number of nitrogens with zero attached hydrogens (tertiary/aromatic N) is 4. The van der Waals surface area contributed by atoms with Gasteiger partial charge in [-0.3, -0.25) is 14.6 Å². The van der Waals surface area contributed by atoms with E-state index < -0.39 is 0 Å². The van der Waals surface area contributed by atoms with Crippen LogP contribution in [-0.4, -0.2) is 51.9 Å². The molecule has 0 spiro atoms. The number of benzene rings is 1. The minimum absolute atomic E-state index is 0.0852. The number of ether oxygens (including phenoxy) is 2. The molecule has 0 radical (unpaired) electrons. The van der Waals surface area contributed by atoms with Crippen molar-refractivity contribution >= 4 is 5.91 Å². The number of rotatable bonds is 4. The fraction of sp³-hybridized carbons (Fsp3) is 0.273. The van der Waals surface area contributed by atoms with Crippen molar-refractivity contribution in [3.63, 3.8) is 0 Å². The van der Waals surface area contributed by atoms with Crippen molar-refractivity contribution in [2.75, 3.05) is 26.3 Å². The summed E-state index contributed by atoms with van der Waals surface area (Å²) in [5, 5.41) is 4.47. The van der Waals surface area contributed by atoms with E-state index in [0.29, 0.717) is 55.6 Å². The molecule has 0 N–H and O–H groups in total. The number of fused-ring (bicyclic) bond motifs is 1. The van der Waals surface area contributed by atoms with Gasteiger partial charge in [-0.15, -0.1) is 0 Å². The first-order valence-electron chi connectivity index (χ1n) is 9.85. The molecule has 2 aliphatic rings. The van der Waals surface area contributed by atoms with Crippen molar-refractivity contribution < 1.29 is 14.3 Å². The first kappa shape index (κ1) is 18.4. The minimum Gasteiger partial charge on any atom is -0.486 e. The third-order valence-corrected chi connectivity index (χ3v) is 5.30. The lowest BCUT2D eigenvalue weighted by Gasteiger charge is -2.39. The Kier molecular flexibility index (Phi) is 4.66. The summed E-state index contributed by atoms with van der Waals surface area (Å²) < 4.78 is 12.7. The molecule has 3 aromatic rings. The molecular weight excluding hydrogens is 384 g/mol. The van der Waals surface area contributed by atoms with Gasteiger partial charge in [0.2, 0.25) is 0 Å². The van der Waals surface area contributed by atoms with E-state index in [9.17, 15) is 9.59 Å². The number of amides is 1. The van der Waals surface area contributed by atoms with E-state index in [-0.39, 0.29) is 17.4 Å². The molecule has 0 unspecified atom stereocenters. The monoisotopic (exact) mass is 404 g/mol. The van der Waals surface area contributed by atoms with E-state index in [1.165, 1.54) is 10.7 Å². The Morgan fingerprint density at radius 2 is 1.93 bits per heavy atom. The molecule has 8 nitrogen and oxygen atoms in total. The number of para-hydroxylation sites is 1. The molecule has 1 amide bonds. The van der Waals surface area contributed by atoms with Crippen LogP contribution in [-0.2, 0) is 6.54 Å². The summed E-state index contributed by atoms with van der Waals surface area (Å²) >= 11 is 0. The fourth-order valence-corrected chi connectivity index (χ4v) is 3.76. The summed E-state index contributed by atoms with van der Waals surface area (Å²) in [6, 6.07) is 12.3. The number of pyridine rings is 1. The van der Waals surface area contributed by atoms with Gasteiger partial charge in [0, 0.05) is 43.0 Å². The number of hydrogen-bond acceptors (Lipinski definition) is 6. The Morgan fingerprint density at radius 3 is 2.77 bits per heavy atom. The Balaban J connectivity index is 1.27. The van der Waals surface area contributed by atoms with Crippen molar-refractivity contribution in [3.05, 3.63) is 70.8 Å². The quantitative estimate of drug-likeness (QED) is 0.660. The summed E-state index contributed by atoms with van der Waals surface area (Å²) in [6.07, 6.45) is 3.41. The maximum atomic E-state index is 12.9. The van der Waals surface area contributed by atoms with Gasteiger partial charge in [0.1, 0.15) is 13.2 Å². The van der Waals surface area contributed by atoms with Crippen LogP contribution in [0.4, 0.5) is 0 Å². The molecule has 0 bridgehead atoms. The van der Waals surface area contributed by atoms with Crippen molar-refractivity contribution in [1.29, 1.82) is 0 Å². The molecule has 0 aliphatic carbocycles. The van der Waals surface area contributed by atoms with E-state index >= 15 is 0 Å². The summed E-state index contributed by atoms with van der Waals surface area (Å²) in [4.78, 5) is 31.0. The fourth-order valence-electron chi connectivity index (χ4n) is 3.76. The predicted octanol–water partition coefficient (Wildman–Crippen LogP) is 1.85. The topological polar surface area (TPSA) is 86.6 Å². The third kappa shape index (κ3) is 3.41. The summed E-state index contributed by atoms with van der Waals surface area (Å²) in [5.41, 5.74) is 1.91. The summed E-state index contributed by atoms with van der Waals surface area (Å²) in [7, 11) is 0. The summed E-state index contributed by atoms with van der Waals surface area (Å²) in [6.45, 7) is 2.50. The number of hydrogen-bond donors (Lipinski definition) is 0. The van der Waals surface area contributed by atoms with Crippen LogP contribution in [0, 0.1) is 5.92 Å². The first-order valence-corrected chi connectivity index (χ1v) is 9.85. The lowest BCUT2D eigenvalue weighted by atomic mass is 9.98. The van der Waals surface area contributed by atoms with Gasteiger partial charge >= 0.3 is 0 Å². The maximum absolute atomic E-state index is 12.9. The smallest absolute Gasteiger partial charge is 0.266 e. The molecule has 1 saturated heterocycles. The Bertz CT molecular complexity index is 1140. The van der Waals surface area contributed by atoms with Crippen LogP contribution in [0.15, 0.2) is 59.7 Å². The third-order valence-electron chi connectivity index (χ3n) is 5.30. The second-order valence-electron chi connectivity index (χ2n) is 7.39. The van der Waals surface area contributed by atoms with Crippen LogP contribution < -0.4 is 15.0 Å². The summed E-state index contributed by atoms with van der Waals surface area (Å²) in [5.74, 6) is 1.20. The number of likely N-dealkylation sites (tertiary alicyclic amines) is 1. The molecule has 30 heavy (non-hydrogen) atoms. The van der Waals surface area contributed by atoms with Crippen LogP contribution in [0.2, 0.25) is 0 Å². The molecule has 5 rings (SSSR count). The van der Waals surface area contributed by atoms with Gasteiger partial charge in [0.25, 0.3) is 11.5 Å². The molecule has 1 aromatic carbocycles. The van der Waals surface area contributed by atoms with Gasteiger partial charge in [-0.25, -0.2) is 4.68 Å². The molecule has 0 saturated carbocycles. The first-order chi connectivity index (χ1) is 14.7. The van der Waals surface area contributed by atoms with Crippen molar-refractivity contribution in [2.45, 2.75) is 6.54 Å². The zero-order chi connectivity index (χ0) is 20.5. The highest BCUT2D eigenvalue weighted by Crippen LogP contribution is 2.35. The van der Waals surface area contributed by atoms with Gasteiger partial charge in [-0.05, 0) is 30.3 Å². The highest BCUT2D eigenvalue weighted by molar-refractivity contribution is 5.98. The SMILES string of the molecule is O=C(c1cccc2c1OCCO2)N1CC(Cn2nc(-c3cccnc3)ccc2=O)C1. The van der Waals surface area contributed by atoms with E-state index in [0.717, 1.165) is 5.56 Å². The van der Waals surface area contributed by atoms with Crippen molar-refractivity contribution in [3.8, 4) is 22.8 Å². The molecule has 152 valence electrons. The average Bonchev–Trinajstić information content (AvgIpc) is 2.77. The van der Waals surface area contributed by atoms with Gasteiger partial charge in [-0.1, -0.05) is 6.07 Å². The lowest BCUT2D eigenvalue weighted by Crippen LogP contribution is -2.52. The highest BCUT2D eigenvalue weighted by Gasteiger charge is 2.34. The average molecular weight is 404 g/mol. The standard InChI is InChI=1S/C22H20N4O4/c27-20-7-6-18(16-3-2-8-23-11-16)24-26(20)14-15-12-25(13-15)22(28)17-4-1-5-19-21(17)30-10-9-29-19/h1-8,11,15H,9-10,12-14H2. The second-order valence-corrected chi connectivity index (χ2v) is 7.39. The van der Waals surface area contributed by atoms with Crippen LogP contribution in [0.3, 0.4) is 0 Å². The molecule has 8 heteroatoms. The predicted molar refractivity (Wildman–Crippen MR) is 109 cm³/mol. The van der Waals surface area contributed by atoms with Gasteiger partial charge < -0.3 is 14.4 Å². The van der Waals surface area contributed by atoms with Crippen molar-refractivity contribution in [2.24, 2.45) is 5.92 Å². The number of aromatic nitrogens is 3. The Labute approximate surface area is 172 Å². The molecule has 1 fully saturated rings. The van der Waals surface area contributed by atoms with Crippen LogP contribution in [0.25, 0.3) is 11.3 Å². The van der Waals surface area contributed by atoms with Crippen molar-refractivity contribution in [1.82, 2.24) is 19.7 Å². The maximum Gasteiger partial charge on any atom is 0.266 e. The van der Waals surface area contributed by atoms with Gasteiger partial charge in [0.15, 0.2) is 11.5 Å². The Hall–Kier alpha value is -3.68. The molecule has 2 aliphatic heterocycles. The normalized spacial score (nSPS) is 15.5. The highest BCUT2D eigenvalue weighted by atomic mass is 16.6. The second kappa shape index (κ2) is 7.62. The number of carbonyl (C=O) groups is 1. The lowest BCUT2D eigenvalue weighted by molar-refractivity contribution is 0.0450. The molecule has 4 heterocycles. The van der Waals surface area contributed by atoms with E-state index in [1.54, 1.807) is 41.6 Å². The minimum atomic E-state index is -0.157. The molecule has 2 aromatic heterocycles. The van der Waals surface area contributed by atoms with Crippen LogP contribution in [0.5, 0.6) is 11.5 Å². The van der Waals surface area contributed by atoms with E-state index in [4.69, 9.17) is 9.47 Å². The van der Waals surface area contributed by atoms with Gasteiger partial charge in [-0.2, -0.15) is 5.10 Å². The van der Waals surface area contributed by atoms with E-state index in [1.807, 2.05) is 12.1 Å². The number of carbonyl (C=O) groups excluding carboxylic acids is 1. The Morgan fingerprint density at radius 1 is 1.07 bits per heavy atom. The molecule has 0 atom stereocenters. The molecular formula is C22H20N4O4. The zero-order valence-electron chi connectivity index (χ0n) is 16.2. The van der Waals surface area contributed by atoms with Crippen LogP contribution in [0.1, 0.15) is 10.4 Å². The van der Waals surface area contributed by atoms with Gasteiger partial charge in [0.05, 0.1) is 17.8 Å².